The second kappa shape index (κ2) is 3.40. The lowest BCUT2D eigenvalue weighted by molar-refractivity contribution is 0.0746. The van der Waals surface area contributed by atoms with Crippen molar-refractivity contribution in [3.8, 4) is 0 Å². The minimum atomic E-state index is 0.653. The molecule has 0 bridgehead atoms. The molecule has 0 saturated heterocycles. The van der Waals surface area contributed by atoms with Crippen LogP contribution in [0.4, 0.5) is 0 Å². The van der Waals surface area contributed by atoms with Crippen LogP contribution in [0.3, 0.4) is 0 Å². The van der Waals surface area contributed by atoms with E-state index < -0.39 is 0 Å². The third-order valence-electron chi connectivity index (χ3n) is 4.10. The molecule has 0 nitrogen and oxygen atoms in total. The standard InChI is InChI=1S/C12H24/c1-6-12(9(2)3,10(4)5)11-7-8-11/h9-11H,6-8H2,1-5H3. The summed E-state index contributed by atoms with van der Waals surface area (Å²) in [6.45, 7) is 12.0. The zero-order chi connectivity index (χ0) is 9.35. The molecule has 0 amide bonds. The molecule has 0 atom stereocenters. The average Bonchev–Trinajstić information content (AvgIpc) is 2.72. The van der Waals surface area contributed by atoms with Crippen molar-refractivity contribution in [2.75, 3.05) is 0 Å². The SMILES string of the molecule is CCC(C(C)C)(C(C)C)C1CC1. The van der Waals surface area contributed by atoms with E-state index in [-0.39, 0.29) is 0 Å². The van der Waals surface area contributed by atoms with Gasteiger partial charge in [0, 0.05) is 0 Å². The highest BCUT2D eigenvalue weighted by Gasteiger charge is 2.47. The molecule has 0 radical (unpaired) electrons. The van der Waals surface area contributed by atoms with Crippen molar-refractivity contribution in [2.24, 2.45) is 23.2 Å². The van der Waals surface area contributed by atoms with Crippen molar-refractivity contribution in [2.45, 2.75) is 53.9 Å². The summed E-state index contributed by atoms with van der Waals surface area (Å²) in [7, 11) is 0. The molecule has 1 saturated carbocycles. The van der Waals surface area contributed by atoms with Crippen LogP contribution >= 0.6 is 0 Å². The van der Waals surface area contributed by atoms with Gasteiger partial charge in [0.2, 0.25) is 0 Å². The number of hydrogen-bond acceptors (Lipinski definition) is 0. The van der Waals surface area contributed by atoms with Crippen LogP contribution in [0.5, 0.6) is 0 Å². The van der Waals surface area contributed by atoms with E-state index in [0.717, 1.165) is 17.8 Å². The molecule has 1 fully saturated rings. The minimum Gasteiger partial charge on any atom is -0.0648 e. The molecular formula is C12H24. The molecule has 0 heterocycles. The molecular weight excluding hydrogens is 144 g/mol. The summed E-state index contributed by atoms with van der Waals surface area (Å²) in [5, 5.41) is 0. The lowest BCUT2D eigenvalue weighted by Crippen LogP contribution is -2.34. The Morgan fingerprint density at radius 2 is 1.50 bits per heavy atom. The Labute approximate surface area is 77.7 Å². The molecule has 0 N–H and O–H groups in total. The first-order valence-electron chi connectivity index (χ1n) is 5.55. The maximum absolute atomic E-state index is 2.40. The summed E-state index contributed by atoms with van der Waals surface area (Å²) in [4.78, 5) is 0. The van der Waals surface area contributed by atoms with E-state index in [1.54, 1.807) is 0 Å². The third kappa shape index (κ3) is 1.41. The molecule has 0 heteroatoms. The highest BCUT2D eigenvalue weighted by molar-refractivity contribution is 4.96. The second-order valence-electron chi connectivity index (χ2n) is 5.05. The van der Waals surface area contributed by atoms with Gasteiger partial charge in [-0.3, -0.25) is 0 Å². The third-order valence-corrected chi connectivity index (χ3v) is 4.10. The normalized spacial score (nSPS) is 19.2. The predicted octanol–water partition coefficient (Wildman–Crippen LogP) is 4.10. The molecule has 72 valence electrons. The van der Waals surface area contributed by atoms with Gasteiger partial charge in [-0.05, 0) is 42.4 Å². The van der Waals surface area contributed by atoms with Crippen molar-refractivity contribution in [3.63, 3.8) is 0 Å². The van der Waals surface area contributed by atoms with E-state index in [9.17, 15) is 0 Å². The molecule has 0 aromatic rings. The van der Waals surface area contributed by atoms with E-state index >= 15 is 0 Å². The molecule has 1 aliphatic carbocycles. The first kappa shape index (κ1) is 10.1. The second-order valence-corrected chi connectivity index (χ2v) is 5.05. The zero-order valence-electron chi connectivity index (χ0n) is 9.35. The summed E-state index contributed by atoms with van der Waals surface area (Å²) < 4.78 is 0. The van der Waals surface area contributed by atoms with Crippen molar-refractivity contribution in [1.29, 1.82) is 0 Å². The van der Waals surface area contributed by atoms with E-state index in [4.69, 9.17) is 0 Å². The zero-order valence-corrected chi connectivity index (χ0v) is 9.35. The van der Waals surface area contributed by atoms with Crippen molar-refractivity contribution < 1.29 is 0 Å². The van der Waals surface area contributed by atoms with Crippen LogP contribution in [0.15, 0.2) is 0 Å². The monoisotopic (exact) mass is 168 g/mol. The van der Waals surface area contributed by atoms with Crippen LogP contribution in [0, 0.1) is 23.2 Å². The highest BCUT2D eigenvalue weighted by Crippen LogP contribution is 2.56. The fourth-order valence-electron chi connectivity index (χ4n) is 3.34. The fraction of sp³-hybridized carbons (Fsp3) is 1.00. The van der Waals surface area contributed by atoms with Crippen LogP contribution in [0.1, 0.15) is 53.9 Å². The van der Waals surface area contributed by atoms with Gasteiger partial charge in [0.05, 0.1) is 0 Å². The fourth-order valence-corrected chi connectivity index (χ4v) is 3.34. The van der Waals surface area contributed by atoms with Gasteiger partial charge in [0.25, 0.3) is 0 Å². The van der Waals surface area contributed by atoms with Crippen LogP contribution in [0.25, 0.3) is 0 Å². The van der Waals surface area contributed by atoms with Gasteiger partial charge in [-0.25, -0.2) is 0 Å². The minimum absolute atomic E-state index is 0.653. The topological polar surface area (TPSA) is 0 Å². The maximum Gasteiger partial charge on any atom is -0.0226 e. The predicted molar refractivity (Wildman–Crippen MR) is 55.1 cm³/mol. The average molecular weight is 168 g/mol. The number of hydrogen-bond donors (Lipinski definition) is 0. The smallest absolute Gasteiger partial charge is 0.0226 e. The Kier molecular flexibility index (Phi) is 2.85. The van der Waals surface area contributed by atoms with Gasteiger partial charge in [0.1, 0.15) is 0 Å². The largest absolute Gasteiger partial charge is 0.0648 e. The van der Waals surface area contributed by atoms with Crippen LogP contribution < -0.4 is 0 Å². The highest BCUT2D eigenvalue weighted by atomic mass is 14.5. The summed E-state index contributed by atoms with van der Waals surface area (Å²) in [5.74, 6) is 2.76. The molecule has 12 heavy (non-hydrogen) atoms. The summed E-state index contributed by atoms with van der Waals surface area (Å²) in [5.41, 5.74) is 0.653. The van der Waals surface area contributed by atoms with Crippen molar-refractivity contribution >= 4 is 0 Å². The van der Waals surface area contributed by atoms with Gasteiger partial charge in [0.15, 0.2) is 0 Å². The van der Waals surface area contributed by atoms with E-state index in [2.05, 4.69) is 34.6 Å². The van der Waals surface area contributed by atoms with E-state index in [0.29, 0.717) is 5.41 Å². The Bertz CT molecular complexity index is 127. The van der Waals surface area contributed by atoms with Gasteiger partial charge in [-0.1, -0.05) is 34.6 Å². The maximum atomic E-state index is 2.40. The van der Waals surface area contributed by atoms with E-state index in [1.165, 1.54) is 19.3 Å². The quantitative estimate of drug-likeness (QED) is 0.592. The lowest BCUT2D eigenvalue weighted by atomic mass is 9.64. The van der Waals surface area contributed by atoms with Crippen LogP contribution in [0.2, 0.25) is 0 Å². The van der Waals surface area contributed by atoms with Gasteiger partial charge >= 0.3 is 0 Å². The van der Waals surface area contributed by atoms with Gasteiger partial charge in [-0.2, -0.15) is 0 Å². The summed E-state index contributed by atoms with van der Waals surface area (Å²) in [6, 6.07) is 0. The molecule has 0 aliphatic heterocycles. The van der Waals surface area contributed by atoms with Crippen molar-refractivity contribution in [1.82, 2.24) is 0 Å². The Balaban J connectivity index is 2.79. The number of rotatable bonds is 4. The Morgan fingerprint density at radius 1 is 1.08 bits per heavy atom. The lowest BCUT2D eigenvalue weighted by Gasteiger charge is -2.41. The van der Waals surface area contributed by atoms with Crippen LogP contribution in [-0.4, -0.2) is 0 Å². The van der Waals surface area contributed by atoms with Gasteiger partial charge < -0.3 is 0 Å². The first-order chi connectivity index (χ1) is 5.55. The molecule has 0 spiro atoms. The summed E-state index contributed by atoms with van der Waals surface area (Å²) in [6.07, 6.45) is 4.35. The molecule has 1 rings (SSSR count). The van der Waals surface area contributed by atoms with Gasteiger partial charge in [-0.15, -0.1) is 0 Å². The molecule has 0 aromatic heterocycles. The first-order valence-corrected chi connectivity index (χ1v) is 5.55. The Morgan fingerprint density at radius 3 is 1.58 bits per heavy atom. The van der Waals surface area contributed by atoms with E-state index in [1.807, 2.05) is 0 Å². The molecule has 0 aromatic carbocycles. The molecule has 0 unspecified atom stereocenters. The van der Waals surface area contributed by atoms with Crippen molar-refractivity contribution in [3.05, 3.63) is 0 Å². The van der Waals surface area contributed by atoms with Crippen LogP contribution in [-0.2, 0) is 0 Å². The molecule has 1 aliphatic rings. The summed E-state index contributed by atoms with van der Waals surface area (Å²) >= 11 is 0. The Hall–Kier alpha value is 0.